The van der Waals surface area contributed by atoms with Gasteiger partial charge in [-0.25, -0.2) is 24.2 Å². The third kappa shape index (κ3) is 9.24. The van der Waals surface area contributed by atoms with Crippen LogP contribution < -0.4 is 10.6 Å². The Balaban J connectivity index is 2.29. The summed E-state index contributed by atoms with van der Waals surface area (Å²) in [5.41, 5.74) is 1.54. The maximum absolute atomic E-state index is 11.9. The van der Waals surface area contributed by atoms with E-state index < -0.39 is 18.0 Å². The zero-order chi connectivity index (χ0) is 20.6. The van der Waals surface area contributed by atoms with E-state index in [4.69, 9.17) is 4.74 Å². The van der Waals surface area contributed by atoms with Gasteiger partial charge in [-0.2, -0.15) is 4.99 Å². The van der Waals surface area contributed by atoms with Crippen LogP contribution in [0.3, 0.4) is 0 Å². The quantitative estimate of drug-likeness (QED) is 0.246. The normalized spacial score (nSPS) is 10.6. The molecule has 0 aliphatic rings. The molecule has 1 aromatic rings. The predicted molar refractivity (Wildman–Crippen MR) is 103 cm³/mol. The standard InChI is InChI=1S/C19H22N4O5/c1-2-15-6-8-16(9-7-15)23-19(27)21-11-12-28-18(26)17(22-14-25)5-3-4-10-20-13-24/h2,6-9,17H,1,3-5,10-12H2,(H2,21,23,27). The van der Waals surface area contributed by atoms with Gasteiger partial charge in [0.2, 0.25) is 12.2 Å². The Morgan fingerprint density at radius 2 is 1.93 bits per heavy atom. The molecule has 1 rings (SSSR count). The number of urea groups is 1. The smallest absolute Gasteiger partial charge is 0.331 e. The highest BCUT2D eigenvalue weighted by molar-refractivity contribution is 5.89. The molecule has 0 spiro atoms. The number of anilines is 1. The van der Waals surface area contributed by atoms with E-state index in [0.717, 1.165) is 5.56 Å². The molecule has 9 heteroatoms. The van der Waals surface area contributed by atoms with Crippen molar-refractivity contribution in [3.05, 3.63) is 36.4 Å². The van der Waals surface area contributed by atoms with Crippen LogP contribution in [-0.4, -0.2) is 49.9 Å². The molecule has 1 atom stereocenters. The Kier molecular flexibility index (Phi) is 11.0. The molecular formula is C19H22N4O5. The number of aliphatic imine (C=N–C) groups is 2. The fourth-order valence-corrected chi connectivity index (χ4v) is 2.16. The lowest BCUT2D eigenvalue weighted by molar-refractivity contribution is -0.145. The van der Waals surface area contributed by atoms with Gasteiger partial charge in [0.25, 0.3) is 0 Å². The monoisotopic (exact) mass is 386 g/mol. The number of ether oxygens (including phenoxy) is 1. The Bertz CT molecular complexity index is 750. The molecule has 0 aromatic heterocycles. The molecule has 28 heavy (non-hydrogen) atoms. The lowest BCUT2D eigenvalue weighted by atomic mass is 10.1. The first-order valence-electron chi connectivity index (χ1n) is 8.65. The van der Waals surface area contributed by atoms with Crippen molar-refractivity contribution in [2.24, 2.45) is 9.98 Å². The fraction of sp³-hybridized carbons (Fsp3) is 0.368. The third-order valence-corrected chi connectivity index (χ3v) is 3.58. The topological polar surface area (TPSA) is 126 Å². The Morgan fingerprint density at radius 1 is 1.18 bits per heavy atom. The van der Waals surface area contributed by atoms with Gasteiger partial charge < -0.3 is 15.4 Å². The van der Waals surface area contributed by atoms with Crippen LogP contribution in [0.5, 0.6) is 0 Å². The summed E-state index contributed by atoms with van der Waals surface area (Å²) in [7, 11) is 0. The minimum atomic E-state index is -0.963. The molecule has 0 aliphatic carbocycles. The summed E-state index contributed by atoms with van der Waals surface area (Å²) in [4.78, 5) is 51.0. The molecule has 2 amide bonds. The van der Waals surface area contributed by atoms with Crippen molar-refractivity contribution in [3.63, 3.8) is 0 Å². The summed E-state index contributed by atoms with van der Waals surface area (Å²) in [5, 5.41) is 5.19. The molecule has 2 N–H and O–H groups in total. The van der Waals surface area contributed by atoms with Gasteiger partial charge in [-0.3, -0.25) is 0 Å². The maximum Gasteiger partial charge on any atom is 0.331 e. The number of hydrogen-bond donors (Lipinski definition) is 2. The second kappa shape index (κ2) is 13.6. The summed E-state index contributed by atoms with van der Waals surface area (Å²) in [5.74, 6) is -0.676. The minimum absolute atomic E-state index is 0.0675. The third-order valence-electron chi connectivity index (χ3n) is 3.58. The van der Waals surface area contributed by atoms with Crippen LogP contribution in [0, 0.1) is 0 Å². The largest absolute Gasteiger partial charge is 0.462 e. The summed E-state index contributed by atoms with van der Waals surface area (Å²) < 4.78 is 5.01. The van der Waals surface area contributed by atoms with Crippen LogP contribution in [0.4, 0.5) is 10.5 Å². The van der Waals surface area contributed by atoms with Crippen molar-refractivity contribution in [3.8, 4) is 0 Å². The number of amides is 2. The van der Waals surface area contributed by atoms with Crippen molar-refractivity contribution in [2.45, 2.75) is 25.3 Å². The molecule has 0 aliphatic heterocycles. The second-order valence-corrected chi connectivity index (χ2v) is 5.58. The number of unbranched alkanes of at least 4 members (excludes halogenated alkanes) is 1. The molecule has 1 unspecified atom stereocenters. The maximum atomic E-state index is 11.9. The number of hydrogen-bond acceptors (Lipinski definition) is 7. The lowest BCUT2D eigenvalue weighted by Gasteiger charge is -2.11. The average Bonchev–Trinajstić information content (AvgIpc) is 2.70. The number of benzene rings is 1. The van der Waals surface area contributed by atoms with Gasteiger partial charge >= 0.3 is 12.0 Å². The molecule has 0 heterocycles. The Morgan fingerprint density at radius 3 is 2.57 bits per heavy atom. The van der Waals surface area contributed by atoms with E-state index in [1.807, 2.05) is 12.1 Å². The summed E-state index contributed by atoms with van der Waals surface area (Å²) in [6.45, 7) is 3.97. The van der Waals surface area contributed by atoms with Gasteiger partial charge in [-0.1, -0.05) is 24.8 Å². The molecule has 1 aromatic carbocycles. The molecular weight excluding hydrogens is 364 g/mol. The molecule has 148 valence electrons. The SMILES string of the molecule is C=Cc1ccc(NC(=O)NCCOC(=O)C(CCCCN=C=O)N=C=O)cc1. The van der Waals surface area contributed by atoms with Crippen molar-refractivity contribution in [1.82, 2.24) is 5.32 Å². The Hall–Kier alpha value is -3.54. The van der Waals surface area contributed by atoms with Crippen LogP contribution in [0.2, 0.25) is 0 Å². The van der Waals surface area contributed by atoms with E-state index in [1.54, 1.807) is 18.2 Å². The van der Waals surface area contributed by atoms with E-state index in [2.05, 4.69) is 27.2 Å². The van der Waals surface area contributed by atoms with E-state index in [1.165, 1.54) is 12.2 Å². The van der Waals surface area contributed by atoms with Crippen LogP contribution in [0.25, 0.3) is 6.08 Å². The first kappa shape index (κ1) is 22.5. The molecule has 0 radical (unpaired) electrons. The summed E-state index contributed by atoms with van der Waals surface area (Å²) in [6, 6.07) is 5.68. The van der Waals surface area contributed by atoms with Gasteiger partial charge in [0.1, 0.15) is 6.61 Å². The number of rotatable bonds is 12. The van der Waals surface area contributed by atoms with E-state index in [9.17, 15) is 19.2 Å². The minimum Gasteiger partial charge on any atom is -0.462 e. The van der Waals surface area contributed by atoms with Crippen LogP contribution in [-0.2, 0) is 19.1 Å². The van der Waals surface area contributed by atoms with Gasteiger partial charge in [0, 0.05) is 5.69 Å². The van der Waals surface area contributed by atoms with Gasteiger partial charge in [-0.05, 0) is 37.0 Å². The number of nitrogens with one attached hydrogen (secondary N) is 2. The van der Waals surface area contributed by atoms with E-state index in [-0.39, 0.29) is 19.6 Å². The lowest BCUT2D eigenvalue weighted by Crippen LogP contribution is -2.33. The predicted octanol–water partition coefficient (Wildman–Crippen LogP) is 2.20. The van der Waals surface area contributed by atoms with Crippen molar-refractivity contribution in [2.75, 3.05) is 25.0 Å². The second-order valence-electron chi connectivity index (χ2n) is 5.58. The summed E-state index contributed by atoms with van der Waals surface area (Å²) in [6.07, 6.45) is 5.83. The van der Waals surface area contributed by atoms with Crippen molar-refractivity contribution >= 4 is 35.9 Å². The van der Waals surface area contributed by atoms with Crippen molar-refractivity contribution in [1.29, 1.82) is 0 Å². The first-order valence-corrected chi connectivity index (χ1v) is 8.65. The number of isocyanates is 2. The highest BCUT2D eigenvalue weighted by atomic mass is 16.5. The zero-order valence-corrected chi connectivity index (χ0v) is 15.3. The highest BCUT2D eigenvalue weighted by Gasteiger charge is 2.18. The number of carbonyl (C=O) groups is 2. The van der Waals surface area contributed by atoms with Crippen LogP contribution in [0.1, 0.15) is 24.8 Å². The number of carbonyl (C=O) groups excluding carboxylic acids is 4. The van der Waals surface area contributed by atoms with Gasteiger partial charge in [-0.15, -0.1) is 0 Å². The molecule has 0 fully saturated rings. The van der Waals surface area contributed by atoms with E-state index in [0.29, 0.717) is 25.1 Å². The molecule has 0 saturated carbocycles. The molecule has 0 bridgehead atoms. The van der Waals surface area contributed by atoms with Gasteiger partial charge in [0.15, 0.2) is 6.04 Å². The molecule has 0 saturated heterocycles. The van der Waals surface area contributed by atoms with Crippen LogP contribution in [0.15, 0.2) is 40.8 Å². The van der Waals surface area contributed by atoms with Crippen molar-refractivity contribution < 1.29 is 23.9 Å². The van der Waals surface area contributed by atoms with Gasteiger partial charge in [0.05, 0.1) is 13.1 Å². The zero-order valence-electron chi connectivity index (χ0n) is 15.3. The highest BCUT2D eigenvalue weighted by Crippen LogP contribution is 2.10. The van der Waals surface area contributed by atoms with E-state index >= 15 is 0 Å². The number of esters is 1. The Labute approximate surface area is 162 Å². The summed E-state index contributed by atoms with van der Waals surface area (Å²) >= 11 is 0. The fourth-order valence-electron chi connectivity index (χ4n) is 2.16. The first-order chi connectivity index (χ1) is 13.6. The molecule has 9 nitrogen and oxygen atoms in total. The van der Waals surface area contributed by atoms with Crippen LogP contribution >= 0.6 is 0 Å². The number of nitrogens with zero attached hydrogens (tertiary/aromatic N) is 2. The average molecular weight is 386 g/mol.